The third-order valence-electron chi connectivity index (χ3n) is 4.16. The topological polar surface area (TPSA) is 45.8 Å². The number of alkyl halides is 3. The second-order valence-corrected chi connectivity index (χ2v) is 8.00. The third-order valence-corrected chi connectivity index (χ3v) is 6.35. The molecule has 0 amide bonds. The molecule has 4 rings (SSSR count). The van der Waals surface area contributed by atoms with Crippen molar-refractivity contribution >= 4 is 33.3 Å². The number of halogens is 3. The van der Waals surface area contributed by atoms with Gasteiger partial charge in [-0.05, 0) is 43.0 Å². The van der Waals surface area contributed by atoms with Gasteiger partial charge in [0, 0.05) is 9.77 Å². The Bertz CT molecular complexity index is 1010. The van der Waals surface area contributed by atoms with Crippen LogP contribution in [0.15, 0.2) is 34.0 Å². The number of nitrogens with one attached hydrogen (secondary N) is 1. The van der Waals surface area contributed by atoms with Gasteiger partial charge >= 0.3 is 6.18 Å². The van der Waals surface area contributed by atoms with Crippen LogP contribution in [0.3, 0.4) is 0 Å². The van der Waals surface area contributed by atoms with E-state index in [0.29, 0.717) is 21.9 Å². The summed E-state index contributed by atoms with van der Waals surface area (Å²) >= 11 is 2.78. The molecule has 1 aliphatic rings. The van der Waals surface area contributed by atoms with Gasteiger partial charge in [-0.25, -0.2) is 4.98 Å². The molecular formula is C17H13F3N2OS2. The van der Waals surface area contributed by atoms with Crippen LogP contribution in [0.4, 0.5) is 13.2 Å². The maximum Gasteiger partial charge on any atom is 0.416 e. The lowest BCUT2D eigenvalue weighted by atomic mass is 10.2. The number of aromatic nitrogens is 2. The highest BCUT2D eigenvalue weighted by Crippen LogP contribution is 2.35. The number of H-pyrrole nitrogens is 1. The first-order valence-electron chi connectivity index (χ1n) is 7.75. The normalized spacial score (nSPS) is 14.2. The maximum absolute atomic E-state index is 12.8. The summed E-state index contributed by atoms with van der Waals surface area (Å²) in [7, 11) is 0. The molecule has 25 heavy (non-hydrogen) atoms. The molecule has 0 saturated heterocycles. The fourth-order valence-corrected chi connectivity index (χ4v) is 5.14. The Kier molecular flexibility index (Phi) is 4.11. The Balaban J connectivity index is 1.59. The number of thiophene rings is 1. The monoisotopic (exact) mass is 382 g/mol. The molecule has 0 aliphatic heterocycles. The van der Waals surface area contributed by atoms with E-state index in [1.807, 2.05) is 0 Å². The molecule has 0 bridgehead atoms. The summed E-state index contributed by atoms with van der Waals surface area (Å²) in [5, 5.41) is 0.685. The standard InChI is InChI=1S/C17H13F3N2OS2/c18-17(19,20)9-3-1-4-10(7-9)24-8-13-21-15(23)14-11-5-2-6-12(11)25-16(14)22-13/h1,3-4,7H,2,5-6,8H2,(H,21,22,23). The van der Waals surface area contributed by atoms with E-state index >= 15 is 0 Å². The Morgan fingerprint density at radius 1 is 1.28 bits per heavy atom. The lowest BCUT2D eigenvalue weighted by molar-refractivity contribution is -0.137. The number of aryl methyl sites for hydroxylation is 2. The van der Waals surface area contributed by atoms with E-state index in [-0.39, 0.29) is 5.56 Å². The molecule has 1 N–H and O–H groups in total. The number of hydrogen-bond donors (Lipinski definition) is 1. The summed E-state index contributed by atoms with van der Waals surface area (Å²) in [6.45, 7) is 0. The zero-order chi connectivity index (χ0) is 17.6. The molecule has 0 atom stereocenters. The van der Waals surface area contributed by atoms with Crippen LogP contribution in [0.2, 0.25) is 0 Å². The first-order chi connectivity index (χ1) is 11.9. The summed E-state index contributed by atoms with van der Waals surface area (Å²) in [4.78, 5) is 22.1. The average molecular weight is 382 g/mol. The fraction of sp³-hybridized carbons (Fsp3) is 0.294. The summed E-state index contributed by atoms with van der Waals surface area (Å²) in [5.41, 5.74) is 0.291. The molecular weight excluding hydrogens is 369 g/mol. The average Bonchev–Trinajstić information content (AvgIpc) is 3.12. The molecule has 0 saturated carbocycles. The van der Waals surface area contributed by atoms with Crippen molar-refractivity contribution in [1.82, 2.24) is 9.97 Å². The van der Waals surface area contributed by atoms with Crippen molar-refractivity contribution in [3.05, 3.63) is 56.4 Å². The van der Waals surface area contributed by atoms with Crippen LogP contribution in [0.1, 0.15) is 28.2 Å². The van der Waals surface area contributed by atoms with Crippen LogP contribution in [-0.4, -0.2) is 9.97 Å². The number of hydrogen-bond acceptors (Lipinski definition) is 4. The molecule has 0 fully saturated rings. The van der Waals surface area contributed by atoms with Gasteiger partial charge in [0.05, 0.1) is 16.7 Å². The van der Waals surface area contributed by atoms with E-state index in [2.05, 4.69) is 9.97 Å². The van der Waals surface area contributed by atoms with Crippen molar-refractivity contribution in [1.29, 1.82) is 0 Å². The summed E-state index contributed by atoms with van der Waals surface area (Å²) in [6.07, 6.45) is -1.38. The molecule has 8 heteroatoms. The van der Waals surface area contributed by atoms with Gasteiger partial charge in [0.15, 0.2) is 0 Å². The zero-order valence-electron chi connectivity index (χ0n) is 12.9. The molecule has 2 aromatic heterocycles. The van der Waals surface area contributed by atoms with Crippen LogP contribution in [0, 0.1) is 0 Å². The molecule has 1 aliphatic carbocycles. The van der Waals surface area contributed by atoms with Gasteiger partial charge in [-0.3, -0.25) is 4.79 Å². The van der Waals surface area contributed by atoms with Crippen molar-refractivity contribution in [3.63, 3.8) is 0 Å². The molecule has 0 radical (unpaired) electrons. The van der Waals surface area contributed by atoms with E-state index < -0.39 is 11.7 Å². The predicted molar refractivity (Wildman–Crippen MR) is 93.3 cm³/mol. The number of fused-ring (bicyclic) bond motifs is 3. The maximum atomic E-state index is 12.8. The van der Waals surface area contributed by atoms with E-state index in [4.69, 9.17) is 0 Å². The van der Waals surface area contributed by atoms with Gasteiger partial charge in [-0.1, -0.05) is 6.07 Å². The molecule has 130 valence electrons. The van der Waals surface area contributed by atoms with Crippen molar-refractivity contribution in [2.75, 3.05) is 0 Å². The molecule has 0 spiro atoms. The van der Waals surface area contributed by atoms with Gasteiger partial charge in [-0.2, -0.15) is 13.2 Å². The van der Waals surface area contributed by atoms with Crippen molar-refractivity contribution in [2.24, 2.45) is 0 Å². The quantitative estimate of drug-likeness (QED) is 0.663. The molecule has 1 aromatic carbocycles. The Hall–Kier alpha value is -1.80. The van der Waals surface area contributed by atoms with Gasteiger partial charge < -0.3 is 4.98 Å². The number of thioether (sulfide) groups is 1. The minimum atomic E-state index is -4.36. The third kappa shape index (κ3) is 3.20. The molecule has 3 aromatic rings. The van der Waals surface area contributed by atoms with Crippen LogP contribution in [-0.2, 0) is 24.8 Å². The number of rotatable bonds is 3. The highest BCUT2D eigenvalue weighted by molar-refractivity contribution is 7.98. The van der Waals surface area contributed by atoms with Crippen LogP contribution in [0.5, 0.6) is 0 Å². The second kappa shape index (κ2) is 6.17. The van der Waals surface area contributed by atoms with Gasteiger partial charge in [0.1, 0.15) is 10.7 Å². The van der Waals surface area contributed by atoms with E-state index in [1.54, 1.807) is 17.4 Å². The van der Waals surface area contributed by atoms with Crippen molar-refractivity contribution in [2.45, 2.75) is 36.1 Å². The highest BCUT2D eigenvalue weighted by atomic mass is 32.2. The van der Waals surface area contributed by atoms with Crippen LogP contribution >= 0.6 is 23.1 Å². The van der Waals surface area contributed by atoms with Gasteiger partial charge in [0.25, 0.3) is 5.56 Å². The number of nitrogens with zero attached hydrogens (tertiary/aromatic N) is 1. The summed E-state index contributed by atoms with van der Waals surface area (Å²) in [6, 6.07) is 5.16. The zero-order valence-corrected chi connectivity index (χ0v) is 14.6. The van der Waals surface area contributed by atoms with E-state index in [1.165, 1.54) is 22.7 Å². The van der Waals surface area contributed by atoms with Crippen LogP contribution in [0.25, 0.3) is 10.2 Å². The molecule has 3 nitrogen and oxygen atoms in total. The molecule has 0 unspecified atom stereocenters. The van der Waals surface area contributed by atoms with Crippen molar-refractivity contribution < 1.29 is 13.2 Å². The summed E-state index contributed by atoms with van der Waals surface area (Å²) in [5.74, 6) is 0.800. The number of aromatic amines is 1. The predicted octanol–water partition coefficient (Wildman–Crippen LogP) is 4.78. The van der Waals surface area contributed by atoms with E-state index in [9.17, 15) is 18.0 Å². The first kappa shape index (κ1) is 16.7. The SMILES string of the molecule is O=c1[nH]c(CSc2cccc(C(F)(F)F)c2)nc2sc3c(c12)CCC3. The lowest BCUT2D eigenvalue weighted by Crippen LogP contribution is -2.11. The fourth-order valence-electron chi connectivity index (χ4n) is 3.03. The minimum absolute atomic E-state index is 0.149. The Labute approximate surface area is 149 Å². The van der Waals surface area contributed by atoms with E-state index in [0.717, 1.165) is 41.8 Å². The second-order valence-electron chi connectivity index (χ2n) is 5.86. The number of benzene rings is 1. The smallest absolute Gasteiger partial charge is 0.309 e. The lowest BCUT2D eigenvalue weighted by Gasteiger charge is -2.08. The highest BCUT2D eigenvalue weighted by Gasteiger charge is 2.30. The summed E-state index contributed by atoms with van der Waals surface area (Å²) < 4.78 is 38.3. The van der Waals surface area contributed by atoms with Gasteiger partial charge in [-0.15, -0.1) is 23.1 Å². The first-order valence-corrected chi connectivity index (χ1v) is 9.55. The Morgan fingerprint density at radius 3 is 2.92 bits per heavy atom. The largest absolute Gasteiger partial charge is 0.416 e. The van der Waals surface area contributed by atoms with Gasteiger partial charge in [0.2, 0.25) is 0 Å². The minimum Gasteiger partial charge on any atom is -0.309 e. The molecule has 2 heterocycles. The Morgan fingerprint density at radius 2 is 2.12 bits per heavy atom. The van der Waals surface area contributed by atoms with Crippen LogP contribution < -0.4 is 5.56 Å². The van der Waals surface area contributed by atoms with Crippen molar-refractivity contribution in [3.8, 4) is 0 Å².